The average Bonchev–Trinajstić information content (AvgIpc) is 2.02. The Morgan fingerprint density at radius 1 is 1.57 bits per heavy atom. The lowest BCUT2D eigenvalue weighted by molar-refractivity contribution is -0.162. The van der Waals surface area contributed by atoms with E-state index < -0.39 is 18.7 Å². The summed E-state index contributed by atoms with van der Waals surface area (Å²) in [5.74, 6) is 0. The summed E-state index contributed by atoms with van der Waals surface area (Å²) in [6.07, 6.45) is -3.31. The van der Waals surface area contributed by atoms with Crippen molar-refractivity contribution in [1.82, 2.24) is 0 Å². The molecule has 1 heterocycles. The summed E-state index contributed by atoms with van der Waals surface area (Å²) in [6, 6.07) is 0. The van der Waals surface area contributed by atoms with Crippen LogP contribution >= 0.6 is 0 Å². The average molecular weight is 210 g/mol. The molecule has 0 amide bonds. The smallest absolute Gasteiger partial charge is 0.391 e. The van der Waals surface area contributed by atoms with Crippen molar-refractivity contribution >= 4 is 0 Å². The zero-order valence-corrected chi connectivity index (χ0v) is 7.93. The van der Waals surface area contributed by atoms with Gasteiger partial charge in [0.05, 0.1) is 32.5 Å². The third kappa shape index (κ3) is 4.00. The molecule has 0 spiro atoms. The zero-order chi connectivity index (χ0) is 10.6. The van der Waals surface area contributed by atoms with Crippen molar-refractivity contribution in [1.29, 1.82) is 0 Å². The molecule has 1 aliphatic rings. The second kappa shape index (κ2) is 4.68. The van der Waals surface area contributed by atoms with Gasteiger partial charge in [-0.05, 0) is 18.4 Å². The molecule has 0 aromatic rings. The highest BCUT2D eigenvalue weighted by atomic mass is 19.4. The van der Waals surface area contributed by atoms with Gasteiger partial charge in [0.2, 0.25) is 0 Å². The first-order valence-corrected chi connectivity index (χ1v) is 4.40. The summed E-state index contributed by atoms with van der Waals surface area (Å²) >= 11 is 0. The second-order valence-electron chi connectivity index (χ2n) is 3.28. The predicted octanol–water partition coefficient (Wildman–Crippen LogP) is 2.65. The molecule has 0 aromatic carbocycles. The van der Waals surface area contributed by atoms with Crippen molar-refractivity contribution in [3.63, 3.8) is 0 Å². The quantitative estimate of drug-likeness (QED) is 0.652. The van der Waals surface area contributed by atoms with E-state index in [1.165, 1.54) is 13.4 Å². The molecule has 0 saturated carbocycles. The highest BCUT2D eigenvalue weighted by molar-refractivity contribution is 5.02. The normalized spacial score (nSPS) is 26.6. The molecule has 1 unspecified atom stereocenters. The monoisotopic (exact) mass is 210 g/mol. The Morgan fingerprint density at radius 2 is 2.29 bits per heavy atom. The number of alkyl halides is 3. The molecular weight excluding hydrogens is 197 g/mol. The van der Waals surface area contributed by atoms with Crippen LogP contribution in [0.2, 0.25) is 0 Å². The van der Waals surface area contributed by atoms with Crippen molar-refractivity contribution in [3.8, 4) is 0 Å². The molecule has 14 heavy (non-hydrogen) atoms. The van der Waals surface area contributed by atoms with Crippen LogP contribution in [0.15, 0.2) is 11.8 Å². The molecule has 1 atom stereocenters. The van der Waals surface area contributed by atoms with Gasteiger partial charge in [-0.1, -0.05) is 0 Å². The first-order valence-electron chi connectivity index (χ1n) is 4.40. The Labute approximate surface area is 80.7 Å². The van der Waals surface area contributed by atoms with Crippen LogP contribution in [-0.2, 0) is 9.47 Å². The van der Waals surface area contributed by atoms with Gasteiger partial charge in [-0.2, -0.15) is 13.2 Å². The number of ether oxygens (including phenoxy) is 2. The minimum atomic E-state index is -4.15. The second-order valence-corrected chi connectivity index (χ2v) is 3.28. The standard InChI is InChI=1S/C9H13F3O2/c1-13-6-7-2-3-14-8(4-7)5-9(10,11)12/h6,8H,2-5H2,1H3/b7-6-. The number of hydrogen-bond donors (Lipinski definition) is 0. The van der Waals surface area contributed by atoms with Crippen LogP contribution in [0.4, 0.5) is 13.2 Å². The van der Waals surface area contributed by atoms with E-state index in [1.807, 2.05) is 0 Å². The SMILES string of the molecule is CO/C=C1/CCOC(CC(F)(F)F)C1. The number of hydrogen-bond acceptors (Lipinski definition) is 2. The summed E-state index contributed by atoms with van der Waals surface area (Å²) in [6.45, 7) is 0.343. The summed E-state index contributed by atoms with van der Waals surface area (Å²) in [4.78, 5) is 0. The maximum Gasteiger partial charge on any atom is 0.391 e. The molecule has 2 nitrogen and oxygen atoms in total. The van der Waals surface area contributed by atoms with Gasteiger partial charge in [-0.15, -0.1) is 0 Å². The molecule has 1 aliphatic heterocycles. The van der Waals surface area contributed by atoms with Gasteiger partial charge >= 0.3 is 6.18 Å². The van der Waals surface area contributed by atoms with Crippen LogP contribution in [0.5, 0.6) is 0 Å². The van der Waals surface area contributed by atoms with Gasteiger partial charge in [-0.3, -0.25) is 0 Å². The number of halogens is 3. The van der Waals surface area contributed by atoms with E-state index in [2.05, 4.69) is 0 Å². The van der Waals surface area contributed by atoms with Gasteiger partial charge in [0.1, 0.15) is 0 Å². The molecular formula is C9H13F3O2. The lowest BCUT2D eigenvalue weighted by Crippen LogP contribution is -2.27. The van der Waals surface area contributed by atoms with Crippen LogP contribution in [0.1, 0.15) is 19.3 Å². The molecule has 0 bridgehead atoms. The minimum absolute atomic E-state index is 0.313. The van der Waals surface area contributed by atoms with E-state index in [0.717, 1.165) is 5.57 Å². The summed E-state index contributed by atoms with van der Waals surface area (Å²) in [5, 5.41) is 0. The third-order valence-electron chi connectivity index (χ3n) is 2.01. The molecule has 1 saturated heterocycles. The van der Waals surface area contributed by atoms with Crippen molar-refractivity contribution < 1.29 is 22.6 Å². The highest BCUT2D eigenvalue weighted by Gasteiger charge is 2.34. The van der Waals surface area contributed by atoms with Gasteiger partial charge in [0.15, 0.2) is 0 Å². The molecule has 0 aliphatic carbocycles. The zero-order valence-electron chi connectivity index (χ0n) is 7.93. The lowest BCUT2D eigenvalue weighted by Gasteiger charge is -2.25. The van der Waals surface area contributed by atoms with Crippen LogP contribution in [-0.4, -0.2) is 26.0 Å². The topological polar surface area (TPSA) is 18.5 Å². The molecule has 0 radical (unpaired) electrons. The van der Waals surface area contributed by atoms with E-state index in [1.54, 1.807) is 0 Å². The van der Waals surface area contributed by atoms with Crippen molar-refractivity contribution in [3.05, 3.63) is 11.8 Å². The van der Waals surface area contributed by atoms with Gasteiger partial charge < -0.3 is 9.47 Å². The van der Waals surface area contributed by atoms with Crippen molar-refractivity contribution in [2.45, 2.75) is 31.5 Å². The maximum atomic E-state index is 12.0. The highest BCUT2D eigenvalue weighted by Crippen LogP contribution is 2.29. The Kier molecular flexibility index (Phi) is 3.80. The lowest BCUT2D eigenvalue weighted by atomic mass is 10.0. The van der Waals surface area contributed by atoms with Crippen LogP contribution in [0.25, 0.3) is 0 Å². The predicted molar refractivity (Wildman–Crippen MR) is 44.7 cm³/mol. The third-order valence-corrected chi connectivity index (χ3v) is 2.01. The first kappa shape index (κ1) is 11.4. The van der Waals surface area contributed by atoms with Gasteiger partial charge in [0.25, 0.3) is 0 Å². The fourth-order valence-corrected chi connectivity index (χ4v) is 1.47. The van der Waals surface area contributed by atoms with E-state index >= 15 is 0 Å². The number of rotatable bonds is 2. The molecule has 0 N–H and O–H groups in total. The van der Waals surface area contributed by atoms with E-state index in [0.29, 0.717) is 19.4 Å². The Balaban J connectivity index is 2.44. The van der Waals surface area contributed by atoms with Crippen molar-refractivity contribution in [2.75, 3.05) is 13.7 Å². The molecule has 82 valence electrons. The summed E-state index contributed by atoms with van der Waals surface area (Å²) in [5.41, 5.74) is 0.882. The molecule has 1 rings (SSSR count). The van der Waals surface area contributed by atoms with Crippen LogP contribution in [0.3, 0.4) is 0 Å². The Hall–Kier alpha value is -0.710. The van der Waals surface area contributed by atoms with E-state index in [-0.39, 0.29) is 0 Å². The first-order chi connectivity index (χ1) is 6.51. The summed E-state index contributed by atoms with van der Waals surface area (Å²) < 4.78 is 45.8. The fraction of sp³-hybridized carbons (Fsp3) is 0.778. The Morgan fingerprint density at radius 3 is 2.86 bits per heavy atom. The van der Waals surface area contributed by atoms with Gasteiger partial charge in [0, 0.05) is 0 Å². The minimum Gasteiger partial charge on any atom is -0.504 e. The molecule has 0 aromatic heterocycles. The maximum absolute atomic E-state index is 12.0. The van der Waals surface area contributed by atoms with E-state index in [9.17, 15) is 13.2 Å². The van der Waals surface area contributed by atoms with Gasteiger partial charge in [-0.25, -0.2) is 0 Å². The fourth-order valence-electron chi connectivity index (χ4n) is 1.47. The van der Waals surface area contributed by atoms with E-state index in [4.69, 9.17) is 9.47 Å². The molecule has 1 fully saturated rings. The largest absolute Gasteiger partial charge is 0.504 e. The molecule has 5 heteroatoms. The van der Waals surface area contributed by atoms with Crippen LogP contribution in [0, 0.1) is 0 Å². The van der Waals surface area contributed by atoms with Crippen molar-refractivity contribution in [2.24, 2.45) is 0 Å². The Bertz CT molecular complexity index is 211. The number of methoxy groups -OCH3 is 1. The van der Waals surface area contributed by atoms with Crippen LogP contribution < -0.4 is 0 Å². The summed E-state index contributed by atoms with van der Waals surface area (Å²) in [7, 11) is 1.49.